The second-order valence-electron chi connectivity index (χ2n) is 4.43. The van der Waals surface area contributed by atoms with E-state index < -0.39 is 17.9 Å². The van der Waals surface area contributed by atoms with E-state index in [4.69, 9.17) is 33.4 Å². The molecule has 0 saturated heterocycles. The summed E-state index contributed by atoms with van der Waals surface area (Å²) in [6.45, 7) is 1.91. The first-order chi connectivity index (χ1) is 10.3. The van der Waals surface area contributed by atoms with Crippen molar-refractivity contribution in [2.75, 3.05) is 5.32 Å². The third kappa shape index (κ3) is 5.03. The highest BCUT2D eigenvalue weighted by Gasteiger charge is 2.30. The van der Waals surface area contributed by atoms with Crippen LogP contribution in [-0.4, -0.2) is 22.2 Å². The number of carbonyl (C=O) groups is 2. The average molecular weight is 458 g/mol. The SMILES string of the molecule is CCC/C=C(/Nc1cc(Cl)cc(Cl)c1I)C(C(=O)O)C(=O)O. The Balaban J connectivity index is 3.25. The zero-order chi connectivity index (χ0) is 16.9. The molecule has 0 aliphatic carbocycles. The van der Waals surface area contributed by atoms with E-state index in [0.29, 0.717) is 25.7 Å². The number of aliphatic carboxylic acids is 2. The summed E-state index contributed by atoms with van der Waals surface area (Å²) >= 11 is 13.9. The Morgan fingerprint density at radius 2 is 1.91 bits per heavy atom. The van der Waals surface area contributed by atoms with Crippen LogP contribution in [0.25, 0.3) is 0 Å². The van der Waals surface area contributed by atoms with Gasteiger partial charge in [0.1, 0.15) is 0 Å². The first kappa shape index (κ1) is 19.1. The van der Waals surface area contributed by atoms with Crippen molar-refractivity contribution in [3.63, 3.8) is 0 Å². The fourth-order valence-electron chi connectivity index (χ4n) is 1.72. The summed E-state index contributed by atoms with van der Waals surface area (Å²) in [5.74, 6) is -4.56. The number of carboxylic acid groups (broad SMARTS) is 2. The molecule has 1 rings (SSSR count). The van der Waals surface area contributed by atoms with Crippen LogP contribution in [0, 0.1) is 9.49 Å². The number of halogens is 3. The van der Waals surface area contributed by atoms with E-state index in [2.05, 4.69) is 5.32 Å². The highest BCUT2D eigenvalue weighted by atomic mass is 127. The van der Waals surface area contributed by atoms with Gasteiger partial charge in [0.2, 0.25) is 0 Å². The van der Waals surface area contributed by atoms with E-state index in [9.17, 15) is 9.59 Å². The molecule has 1 aromatic rings. The maximum atomic E-state index is 11.2. The smallest absolute Gasteiger partial charge is 0.324 e. The largest absolute Gasteiger partial charge is 0.480 e. The molecule has 0 fully saturated rings. The fraction of sp³-hybridized carbons (Fsp3) is 0.286. The molecular formula is C14H14Cl2INO4. The lowest BCUT2D eigenvalue weighted by molar-refractivity contribution is -0.152. The number of nitrogens with one attached hydrogen (secondary N) is 1. The van der Waals surface area contributed by atoms with Crippen molar-refractivity contribution in [1.29, 1.82) is 0 Å². The van der Waals surface area contributed by atoms with Gasteiger partial charge in [-0.15, -0.1) is 0 Å². The molecule has 0 aliphatic heterocycles. The van der Waals surface area contributed by atoms with Crippen molar-refractivity contribution in [3.8, 4) is 0 Å². The minimum absolute atomic E-state index is 0.0816. The molecule has 0 radical (unpaired) electrons. The first-order valence-corrected chi connectivity index (χ1v) is 8.18. The van der Waals surface area contributed by atoms with Crippen molar-refractivity contribution < 1.29 is 19.8 Å². The minimum Gasteiger partial charge on any atom is -0.480 e. The van der Waals surface area contributed by atoms with Crippen LogP contribution < -0.4 is 5.32 Å². The van der Waals surface area contributed by atoms with Crippen LogP contribution >= 0.6 is 45.8 Å². The molecule has 0 atom stereocenters. The van der Waals surface area contributed by atoms with E-state index in [-0.39, 0.29) is 5.70 Å². The quantitative estimate of drug-likeness (QED) is 0.319. The third-order valence-electron chi connectivity index (χ3n) is 2.73. The van der Waals surface area contributed by atoms with Crippen molar-refractivity contribution >= 4 is 63.4 Å². The molecule has 0 heterocycles. The summed E-state index contributed by atoms with van der Waals surface area (Å²) < 4.78 is 0.626. The number of rotatable bonds is 7. The lowest BCUT2D eigenvalue weighted by atomic mass is 10.0. The van der Waals surface area contributed by atoms with Crippen LogP contribution in [0.4, 0.5) is 5.69 Å². The van der Waals surface area contributed by atoms with Crippen LogP contribution in [0.5, 0.6) is 0 Å². The van der Waals surface area contributed by atoms with E-state index in [1.807, 2.05) is 29.5 Å². The van der Waals surface area contributed by atoms with Crippen LogP contribution in [0.3, 0.4) is 0 Å². The molecule has 0 bridgehead atoms. The molecule has 0 spiro atoms. The molecule has 0 aromatic heterocycles. The minimum atomic E-state index is -1.68. The van der Waals surface area contributed by atoms with Gasteiger partial charge in [-0.25, -0.2) is 0 Å². The van der Waals surface area contributed by atoms with Gasteiger partial charge in [0.15, 0.2) is 5.92 Å². The van der Waals surface area contributed by atoms with Crippen LogP contribution in [-0.2, 0) is 9.59 Å². The summed E-state index contributed by atoms with van der Waals surface area (Å²) in [6.07, 6.45) is 2.87. The van der Waals surface area contributed by atoms with E-state index in [1.54, 1.807) is 18.2 Å². The molecule has 0 amide bonds. The van der Waals surface area contributed by atoms with Gasteiger partial charge in [0.25, 0.3) is 0 Å². The van der Waals surface area contributed by atoms with E-state index in [0.717, 1.165) is 6.42 Å². The Morgan fingerprint density at radius 3 is 2.41 bits per heavy atom. The van der Waals surface area contributed by atoms with Gasteiger partial charge in [-0.3, -0.25) is 9.59 Å². The molecule has 0 unspecified atom stereocenters. The van der Waals surface area contributed by atoms with Gasteiger partial charge in [0, 0.05) is 10.7 Å². The number of anilines is 1. The normalized spacial score (nSPS) is 11.6. The molecule has 0 aliphatic rings. The lowest BCUT2D eigenvalue weighted by Crippen LogP contribution is -2.29. The molecule has 1 aromatic carbocycles. The number of allylic oxidation sites excluding steroid dienone is 1. The van der Waals surface area contributed by atoms with Gasteiger partial charge in [-0.1, -0.05) is 42.6 Å². The summed E-state index contributed by atoms with van der Waals surface area (Å²) in [6, 6.07) is 3.12. The Hall–Kier alpha value is -0.990. The number of hydrogen-bond donors (Lipinski definition) is 3. The predicted octanol–water partition coefficient (Wildman–Crippen LogP) is 4.48. The Labute approximate surface area is 151 Å². The number of benzene rings is 1. The van der Waals surface area contributed by atoms with Crippen molar-refractivity contribution in [3.05, 3.63) is 37.5 Å². The summed E-state index contributed by atoms with van der Waals surface area (Å²) in [5, 5.41) is 21.9. The van der Waals surface area contributed by atoms with Crippen LogP contribution in [0.2, 0.25) is 10.0 Å². The van der Waals surface area contributed by atoms with Crippen molar-refractivity contribution in [2.24, 2.45) is 5.92 Å². The predicted molar refractivity (Wildman–Crippen MR) is 94.6 cm³/mol. The average Bonchev–Trinajstić information content (AvgIpc) is 2.40. The number of unbranched alkanes of at least 4 members (excludes halogenated alkanes) is 1. The maximum Gasteiger partial charge on any atom is 0.324 e. The number of carboxylic acids is 2. The van der Waals surface area contributed by atoms with Gasteiger partial charge < -0.3 is 15.5 Å². The van der Waals surface area contributed by atoms with E-state index in [1.165, 1.54) is 0 Å². The van der Waals surface area contributed by atoms with Gasteiger partial charge >= 0.3 is 11.9 Å². The second-order valence-corrected chi connectivity index (χ2v) is 6.35. The Morgan fingerprint density at radius 1 is 1.32 bits per heavy atom. The summed E-state index contributed by atoms with van der Waals surface area (Å²) in [7, 11) is 0. The zero-order valence-electron chi connectivity index (χ0n) is 11.6. The van der Waals surface area contributed by atoms with Gasteiger partial charge in [-0.05, 0) is 41.1 Å². The van der Waals surface area contributed by atoms with Crippen molar-refractivity contribution in [2.45, 2.75) is 19.8 Å². The summed E-state index contributed by atoms with van der Waals surface area (Å²) in [4.78, 5) is 22.5. The highest BCUT2D eigenvalue weighted by Crippen LogP contribution is 2.32. The molecule has 5 nitrogen and oxygen atoms in total. The highest BCUT2D eigenvalue weighted by molar-refractivity contribution is 14.1. The fourth-order valence-corrected chi connectivity index (χ4v) is 2.65. The Kier molecular flexibility index (Phi) is 7.44. The zero-order valence-corrected chi connectivity index (χ0v) is 15.2. The summed E-state index contributed by atoms with van der Waals surface area (Å²) in [5.41, 5.74) is 0.547. The monoisotopic (exact) mass is 457 g/mol. The lowest BCUT2D eigenvalue weighted by Gasteiger charge is -2.17. The molecule has 3 N–H and O–H groups in total. The van der Waals surface area contributed by atoms with Crippen molar-refractivity contribution in [1.82, 2.24) is 0 Å². The van der Waals surface area contributed by atoms with E-state index >= 15 is 0 Å². The van der Waals surface area contributed by atoms with Gasteiger partial charge in [0.05, 0.1) is 14.3 Å². The molecule has 0 saturated carbocycles. The van der Waals surface area contributed by atoms with Crippen LogP contribution in [0.15, 0.2) is 23.9 Å². The number of hydrogen-bond acceptors (Lipinski definition) is 3. The van der Waals surface area contributed by atoms with Gasteiger partial charge in [-0.2, -0.15) is 0 Å². The molecule has 8 heteroatoms. The maximum absolute atomic E-state index is 11.2. The first-order valence-electron chi connectivity index (χ1n) is 6.35. The van der Waals surface area contributed by atoms with Crippen LogP contribution in [0.1, 0.15) is 19.8 Å². The standard InChI is InChI=1S/C14H14Cl2INO4/c1-2-3-4-9(11(13(19)20)14(21)22)18-10-6-7(15)5-8(16)12(10)17/h4-6,11,18H,2-3H2,1H3,(H,19,20)(H,21,22)/b9-4+. The molecule has 120 valence electrons. The third-order valence-corrected chi connectivity index (χ3v) is 4.73. The molecule has 22 heavy (non-hydrogen) atoms. The Bertz CT molecular complexity index is 605. The topological polar surface area (TPSA) is 86.6 Å². The second kappa shape index (κ2) is 8.59. The molecular weight excluding hydrogens is 444 g/mol.